The Bertz CT molecular complexity index is 2260. The van der Waals surface area contributed by atoms with E-state index in [0.29, 0.717) is 27.6 Å². The maximum Gasteiger partial charge on any atom is 0.226 e. The molecule has 0 N–H and O–H groups in total. The van der Waals surface area contributed by atoms with Gasteiger partial charge in [0.25, 0.3) is 0 Å². The van der Waals surface area contributed by atoms with Gasteiger partial charge in [0.1, 0.15) is 11.6 Å². The highest BCUT2D eigenvalue weighted by Crippen LogP contribution is 2.51. The van der Waals surface area contributed by atoms with Crippen molar-refractivity contribution >= 4 is 11.6 Å². The summed E-state index contributed by atoms with van der Waals surface area (Å²) in [6.07, 6.45) is 39.1. The number of hydrogen-bond donors (Lipinski definition) is 0. The van der Waals surface area contributed by atoms with E-state index < -0.39 is 0 Å². The van der Waals surface area contributed by atoms with Gasteiger partial charge in [0.2, 0.25) is 11.7 Å². The molecule has 0 atom stereocenters. The summed E-state index contributed by atoms with van der Waals surface area (Å²) in [6, 6.07) is 35.4. The van der Waals surface area contributed by atoms with Crippen LogP contribution in [0.3, 0.4) is 0 Å². The molecule has 6 heteroatoms. The van der Waals surface area contributed by atoms with E-state index in [1.165, 1.54) is 179 Å². The summed E-state index contributed by atoms with van der Waals surface area (Å²) in [4.78, 5) is 4.21. The first-order valence-corrected chi connectivity index (χ1v) is 33.7. The van der Waals surface area contributed by atoms with Gasteiger partial charge in [-0.15, -0.1) is 0 Å². The van der Waals surface area contributed by atoms with E-state index in [9.17, 15) is 4.39 Å². The van der Waals surface area contributed by atoms with Crippen molar-refractivity contribution in [2.45, 2.75) is 260 Å². The Hall–Kier alpha value is -3.96. The molecule has 0 amide bonds. The number of aromatic nitrogens is 2. The van der Waals surface area contributed by atoms with Gasteiger partial charge >= 0.3 is 0 Å². The molecule has 0 saturated heterocycles. The van der Waals surface area contributed by atoms with E-state index in [1.54, 1.807) is 35.4 Å². The number of unbranched alkanes of at least 4 members (excludes halogenated alkanes) is 2. The highest BCUT2D eigenvalue weighted by Gasteiger charge is 2.42. The van der Waals surface area contributed by atoms with Crippen LogP contribution in [-0.4, -0.2) is 16.7 Å². The molecule has 7 aliphatic rings. The quantitative estimate of drug-likeness (QED) is 0.0980. The van der Waals surface area contributed by atoms with Crippen LogP contribution in [0.5, 0.6) is 5.75 Å². The molecule has 12 rings (SSSR count). The van der Waals surface area contributed by atoms with Crippen LogP contribution >= 0.6 is 11.6 Å². The number of nitrogens with zero attached hydrogens (tertiary/aromatic N) is 2. The van der Waals surface area contributed by atoms with Crippen molar-refractivity contribution in [1.82, 2.24) is 10.1 Å². The van der Waals surface area contributed by atoms with Crippen LogP contribution in [0.25, 0.3) is 11.4 Å². The summed E-state index contributed by atoms with van der Waals surface area (Å²) in [5, 5.41) is 4.56. The smallest absolute Gasteiger partial charge is 0.226 e. The van der Waals surface area contributed by atoms with E-state index in [1.807, 2.05) is 19.1 Å². The highest BCUT2D eigenvalue weighted by atomic mass is 35.5. The predicted octanol–water partition coefficient (Wildman–Crippen LogP) is 23.7. The van der Waals surface area contributed by atoms with Crippen LogP contribution in [0.15, 0.2) is 114 Å². The lowest BCUT2D eigenvalue weighted by Crippen LogP contribution is -2.20. The molecule has 7 fully saturated rings. The molecule has 450 valence electrons. The SMILES string of the molecule is CC(C1CC1)C1CC1.CC1CCC(C)CC1.CC1CCC(C)CC1.CCC1(c2ccccc2)CC1.CCC1(c2ccccc2)CCCC1.CCCC1CC1.CCCCCOc1ccc(F)cc1.CCc1nc(-c2ccc(Cl)cc2)no1. The number of hydrogen-bond acceptors (Lipinski definition) is 4. The van der Waals surface area contributed by atoms with Crippen LogP contribution in [-0.2, 0) is 17.3 Å². The summed E-state index contributed by atoms with van der Waals surface area (Å²) < 4.78 is 22.9. The molecule has 4 aromatic carbocycles. The van der Waals surface area contributed by atoms with Gasteiger partial charge in [0.05, 0.1) is 6.61 Å². The minimum absolute atomic E-state index is 0.221. The molecular weight excluding hydrogens is 1020 g/mol. The van der Waals surface area contributed by atoms with Gasteiger partial charge in [-0.1, -0.05) is 249 Å². The van der Waals surface area contributed by atoms with Crippen molar-refractivity contribution in [3.8, 4) is 17.1 Å². The maximum absolute atomic E-state index is 12.5. The fourth-order valence-corrected chi connectivity index (χ4v) is 12.1. The first-order valence-electron chi connectivity index (χ1n) is 33.3. The zero-order valence-electron chi connectivity index (χ0n) is 53.0. The fourth-order valence-electron chi connectivity index (χ4n) is 12.0. The predicted molar refractivity (Wildman–Crippen MR) is 346 cm³/mol. The second-order valence-corrected chi connectivity index (χ2v) is 26.5. The molecule has 0 spiro atoms. The molecule has 7 aliphatic carbocycles. The third kappa shape index (κ3) is 26.7. The number of aryl methyl sites for hydroxylation is 1. The van der Waals surface area contributed by atoms with E-state index in [-0.39, 0.29) is 5.82 Å². The summed E-state index contributed by atoms with van der Waals surface area (Å²) in [5.74, 6) is 10.4. The van der Waals surface area contributed by atoms with Crippen molar-refractivity contribution < 1.29 is 13.7 Å². The average molecular weight is 1130 g/mol. The Morgan fingerprint density at radius 2 is 1.01 bits per heavy atom. The molecule has 0 radical (unpaired) electrons. The van der Waals surface area contributed by atoms with E-state index in [4.69, 9.17) is 20.9 Å². The molecule has 5 aromatic rings. The summed E-state index contributed by atoms with van der Waals surface area (Å²) >= 11 is 5.77. The van der Waals surface area contributed by atoms with Crippen LogP contribution in [0, 0.1) is 53.2 Å². The van der Waals surface area contributed by atoms with Gasteiger partial charge < -0.3 is 9.26 Å². The largest absolute Gasteiger partial charge is 0.494 e. The molecule has 4 nitrogen and oxygen atoms in total. The second-order valence-electron chi connectivity index (χ2n) is 26.1. The monoisotopic (exact) mass is 1130 g/mol. The Balaban J connectivity index is 0.000000172. The second kappa shape index (κ2) is 37.4. The van der Waals surface area contributed by atoms with E-state index in [2.05, 4.69) is 133 Å². The zero-order valence-corrected chi connectivity index (χ0v) is 53.7. The number of rotatable bonds is 15. The fraction of sp³-hybridized carbons (Fsp3) is 0.653. The Kier molecular flexibility index (Phi) is 31.3. The number of ether oxygens (including phenoxy) is 1. The Morgan fingerprint density at radius 1 is 0.556 bits per heavy atom. The molecule has 1 heterocycles. The minimum atomic E-state index is -0.221. The summed E-state index contributed by atoms with van der Waals surface area (Å²) in [7, 11) is 0. The molecular formula is C75H114ClFN2O2. The first kappa shape index (κ1) is 67.8. The molecule has 0 unspecified atom stereocenters. The normalized spacial score (nSPS) is 21.7. The lowest BCUT2D eigenvalue weighted by molar-refractivity contribution is 0.306. The summed E-state index contributed by atoms with van der Waals surface area (Å²) in [6.45, 7) is 23.6. The third-order valence-corrected chi connectivity index (χ3v) is 19.2. The Morgan fingerprint density at radius 3 is 1.37 bits per heavy atom. The van der Waals surface area contributed by atoms with Crippen LogP contribution in [0.4, 0.5) is 4.39 Å². The maximum atomic E-state index is 12.5. The van der Waals surface area contributed by atoms with Crippen LogP contribution in [0.2, 0.25) is 5.02 Å². The molecule has 1 aromatic heterocycles. The van der Waals surface area contributed by atoms with Gasteiger partial charge in [-0.05, 0) is 188 Å². The molecule has 81 heavy (non-hydrogen) atoms. The van der Waals surface area contributed by atoms with Crippen LogP contribution < -0.4 is 4.74 Å². The first-order chi connectivity index (χ1) is 39.2. The van der Waals surface area contributed by atoms with Crippen molar-refractivity contribution in [2.24, 2.45) is 47.3 Å². The molecule has 0 bridgehead atoms. The van der Waals surface area contributed by atoms with Gasteiger partial charge in [0, 0.05) is 17.0 Å². The van der Waals surface area contributed by atoms with Crippen LogP contribution in [0.1, 0.15) is 260 Å². The Labute approximate surface area is 500 Å². The number of halogens is 2. The standard InChI is InChI=1S/C13H18.C11H15FO.C11H14.C10H9ClN2O.C8H14.2C8H16.C6H12/c1-2-13(10-6-7-11-13)12-8-4-3-5-9-12;1-2-3-4-9-13-11-7-5-10(12)6-8-11;1-2-11(8-9-11)10-6-4-3-5-7-10;1-2-9-12-10(13-14-9)7-3-5-8(11)6-4-7;1-6(7-2-3-7)8-4-5-8;2*1-7-3-5-8(2)6-4-7;1-2-3-6-4-5-6/h3-5,8-9H,2,6-7,10-11H2,1H3;5-8H,2-4,9H2,1H3;3-7H,2,8-9H2,1H3;3-6H,2H2,1H3;6-8H,2-5H2,1H3;2*7-8H,3-6H2,1-2H3;6H,2-5H2,1H3. The van der Waals surface area contributed by atoms with Crippen molar-refractivity contribution in [3.63, 3.8) is 0 Å². The van der Waals surface area contributed by atoms with Gasteiger partial charge in [-0.2, -0.15) is 4.98 Å². The van der Waals surface area contributed by atoms with Crippen molar-refractivity contribution in [2.75, 3.05) is 6.61 Å². The lowest BCUT2D eigenvalue weighted by Gasteiger charge is -2.27. The van der Waals surface area contributed by atoms with Gasteiger partial charge in [0.15, 0.2) is 0 Å². The van der Waals surface area contributed by atoms with Crippen molar-refractivity contribution in [1.29, 1.82) is 0 Å². The summed E-state index contributed by atoms with van der Waals surface area (Å²) in [5.41, 5.74) is 5.14. The zero-order chi connectivity index (χ0) is 58.3. The minimum Gasteiger partial charge on any atom is -0.494 e. The highest BCUT2D eigenvalue weighted by molar-refractivity contribution is 6.30. The van der Waals surface area contributed by atoms with Gasteiger partial charge in [-0.3, -0.25) is 0 Å². The van der Waals surface area contributed by atoms with E-state index in [0.717, 1.165) is 78.1 Å². The molecule has 0 aliphatic heterocycles. The number of benzene rings is 4. The molecule has 7 saturated carbocycles. The van der Waals surface area contributed by atoms with Crippen molar-refractivity contribution in [3.05, 3.63) is 137 Å². The average Bonchev–Trinajstić information content (AvgIpc) is 4.29. The topological polar surface area (TPSA) is 48.2 Å². The lowest BCUT2D eigenvalue weighted by atomic mass is 9.77. The van der Waals surface area contributed by atoms with E-state index >= 15 is 0 Å². The van der Waals surface area contributed by atoms with Gasteiger partial charge in [-0.25, -0.2) is 4.39 Å². The third-order valence-electron chi connectivity index (χ3n) is 19.0.